The van der Waals surface area contributed by atoms with Gasteiger partial charge in [-0.1, -0.05) is 20.8 Å². The molecule has 0 rings (SSSR count). The van der Waals surface area contributed by atoms with Gasteiger partial charge in [0.1, 0.15) is 0 Å². The lowest BCUT2D eigenvalue weighted by Crippen LogP contribution is -1.62. The standard InChI is InChI=1S/C4H9.2FH.Mg/c1-4(2)3;;;/h1-3H3;2*1H;/q;;;+2/p-2. The van der Waals surface area contributed by atoms with Crippen LogP contribution in [0.3, 0.4) is 0 Å². The zero-order chi connectivity index (χ0) is 6.28. The van der Waals surface area contributed by atoms with E-state index < -0.39 is 21.5 Å². The highest BCUT2D eigenvalue weighted by Crippen LogP contribution is 1.85. The van der Waals surface area contributed by atoms with E-state index in [2.05, 4.69) is 20.8 Å². The average Bonchev–Trinajstić information content (AvgIpc) is 1.33. The smallest absolute Gasteiger partial charge is 0.440 e. The maximum atomic E-state index is 9.76. The Bertz CT molecular complexity index is 20.9. The minimum Gasteiger partial charge on any atom is -0.440 e. The molecule has 0 heterocycles. The van der Waals surface area contributed by atoms with Gasteiger partial charge < -0.3 is 5.91 Å². The maximum absolute atomic E-state index is 9.76. The predicted octanol–water partition coefficient (Wildman–Crippen LogP) is 2.08. The van der Waals surface area contributed by atoms with Crippen LogP contribution >= 0.6 is 0 Å². The van der Waals surface area contributed by atoms with Gasteiger partial charge in [-0.2, -0.15) is 0 Å². The van der Waals surface area contributed by atoms with Crippen molar-refractivity contribution in [1.29, 1.82) is 0 Å². The van der Waals surface area contributed by atoms with E-state index in [1.54, 1.807) is 0 Å². The molecule has 1 radical (unpaired) electrons. The lowest BCUT2D eigenvalue weighted by molar-refractivity contribution is 0.712. The van der Waals surface area contributed by atoms with Gasteiger partial charge in [0, 0.05) is 0 Å². The second-order valence-electron chi connectivity index (χ2n) is 1.60. The molecule has 0 saturated carbocycles. The summed E-state index contributed by atoms with van der Waals surface area (Å²) in [6.45, 7) is 6.25. The number of rotatable bonds is 0. The van der Waals surface area contributed by atoms with Crippen molar-refractivity contribution >= 4 is 21.5 Å². The summed E-state index contributed by atoms with van der Waals surface area (Å²) in [4.78, 5) is 0. The SMILES string of the molecule is C[C](C)C.[F][Mg][F]. The third kappa shape index (κ3) is 362. The van der Waals surface area contributed by atoms with Crippen LogP contribution in [0.4, 0.5) is 5.91 Å². The van der Waals surface area contributed by atoms with E-state index in [1.165, 1.54) is 5.92 Å². The molecular weight excluding hydrogens is 110 g/mol. The van der Waals surface area contributed by atoms with E-state index in [9.17, 15) is 5.91 Å². The first kappa shape index (κ1) is 10.6. The monoisotopic (exact) mass is 119 g/mol. The van der Waals surface area contributed by atoms with Crippen LogP contribution in [0.25, 0.3) is 0 Å². The van der Waals surface area contributed by atoms with E-state index in [0.717, 1.165) is 0 Å². The first-order chi connectivity index (χ1) is 3.15. The molecule has 3 heteroatoms. The Morgan fingerprint density at radius 3 is 1.14 bits per heavy atom. The summed E-state index contributed by atoms with van der Waals surface area (Å²) in [5.41, 5.74) is 0. The van der Waals surface area contributed by atoms with Crippen molar-refractivity contribution in [3.63, 3.8) is 0 Å². The number of hydrogen-bond acceptors (Lipinski definition) is 0. The van der Waals surface area contributed by atoms with Gasteiger partial charge in [-0.25, -0.2) is 0 Å². The number of hydrogen-bond donors (Lipinski definition) is 0. The van der Waals surface area contributed by atoms with E-state index in [-0.39, 0.29) is 0 Å². The fourth-order valence-corrected chi connectivity index (χ4v) is 0. The van der Waals surface area contributed by atoms with Crippen molar-refractivity contribution in [3.8, 4) is 0 Å². The lowest BCUT2D eigenvalue weighted by Gasteiger charge is -1.78. The van der Waals surface area contributed by atoms with Crippen LogP contribution in [0.1, 0.15) is 20.8 Å². The fraction of sp³-hybridized carbons (Fsp3) is 0.750. The van der Waals surface area contributed by atoms with Crippen LogP contribution in [0, 0.1) is 5.92 Å². The third-order valence-corrected chi connectivity index (χ3v) is 0. The molecule has 0 atom stereocenters. The summed E-state index contributed by atoms with van der Waals surface area (Å²) in [6.07, 6.45) is 0. The van der Waals surface area contributed by atoms with Crippen LogP contribution in [0.2, 0.25) is 0 Å². The average molecular weight is 119 g/mol. The zero-order valence-electron chi connectivity index (χ0n) is 4.96. The van der Waals surface area contributed by atoms with E-state index in [1.807, 2.05) is 0 Å². The Balaban J connectivity index is 0. The van der Waals surface area contributed by atoms with Crippen molar-refractivity contribution in [2.24, 2.45) is 0 Å². The maximum Gasteiger partial charge on any atom is 0.879 e. The Morgan fingerprint density at radius 1 is 1.14 bits per heavy atom. The summed E-state index contributed by atoms with van der Waals surface area (Å²) < 4.78 is 19.5. The van der Waals surface area contributed by atoms with Crippen LogP contribution in [0.15, 0.2) is 0 Å². The molecule has 7 heavy (non-hydrogen) atoms. The van der Waals surface area contributed by atoms with Crippen LogP contribution in [0.5, 0.6) is 0 Å². The molecule has 0 unspecified atom stereocenters. The molecule has 0 aromatic rings. The summed E-state index contributed by atoms with van der Waals surface area (Å²) in [5.74, 6) is 1.42. The molecule has 0 aromatic carbocycles. The normalized spacial score (nSPS) is 6.57. The Hall–Kier alpha value is 0.626. The van der Waals surface area contributed by atoms with E-state index >= 15 is 0 Å². The molecule has 0 amide bonds. The van der Waals surface area contributed by atoms with Gasteiger partial charge >= 0.3 is 21.5 Å². The first-order valence-electron chi connectivity index (χ1n) is 2.03. The molecular formula is C4H9F2Mg. The van der Waals surface area contributed by atoms with Gasteiger partial charge in [0.05, 0.1) is 0 Å². The van der Waals surface area contributed by atoms with Gasteiger partial charge in [0.25, 0.3) is 0 Å². The summed E-state index contributed by atoms with van der Waals surface area (Å²) in [6, 6.07) is 0. The van der Waals surface area contributed by atoms with Gasteiger partial charge in [0.2, 0.25) is 0 Å². The molecule has 0 saturated heterocycles. The molecule has 0 aromatic heterocycles. The van der Waals surface area contributed by atoms with Crippen LogP contribution in [-0.4, -0.2) is 21.5 Å². The van der Waals surface area contributed by atoms with Crippen molar-refractivity contribution in [2.45, 2.75) is 20.8 Å². The van der Waals surface area contributed by atoms with E-state index in [4.69, 9.17) is 0 Å². The Labute approximate surface area is 54.5 Å². The predicted molar refractivity (Wildman–Crippen MR) is 28.2 cm³/mol. The van der Waals surface area contributed by atoms with Crippen LogP contribution < -0.4 is 0 Å². The summed E-state index contributed by atoms with van der Waals surface area (Å²) in [7, 11) is 0. The molecule has 0 aliphatic heterocycles. The van der Waals surface area contributed by atoms with Crippen molar-refractivity contribution in [2.75, 3.05) is 0 Å². The van der Waals surface area contributed by atoms with E-state index in [0.29, 0.717) is 0 Å². The van der Waals surface area contributed by atoms with Crippen LogP contribution in [-0.2, 0) is 0 Å². The van der Waals surface area contributed by atoms with Crippen molar-refractivity contribution in [3.05, 3.63) is 5.92 Å². The molecule has 0 nitrogen and oxygen atoms in total. The fourth-order valence-electron chi connectivity index (χ4n) is 0. The largest absolute Gasteiger partial charge is 0.879 e. The third-order valence-electron chi connectivity index (χ3n) is 0. The van der Waals surface area contributed by atoms with Gasteiger partial charge in [-0.05, 0) is 5.92 Å². The molecule has 0 fully saturated rings. The first-order valence-corrected chi connectivity index (χ1v) is 3.10. The summed E-state index contributed by atoms with van der Waals surface area (Å²) in [5, 5.41) is 0. The topological polar surface area (TPSA) is 0 Å². The molecule has 0 bridgehead atoms. The van der Waals surface area contributed by atoms with Gasteiger partial charge in [-0.3, -0.25) is 0 Å². The Kier molecular flexibility index (Phi) is 14.8. The lowest BCUT2D eigenvalue weighted by atomic mass is 10.3. The molecule has 0 aliphatic rings. The van der Waals surface area contributed by atoms with Crippen molar-refractivity contribution < 1.29 is 5.91 Å². The van der Waals surface area contributed by atoms with Gasteiger partial charge in [0.15, 0.2) is 0 Å². The second-order valence-corrected chi connectivity index (χ2v) is 1.80. The molecule has 0 spiro atoms. The molecule has 0 N–H and O–H groups in total. The van der Waals surface area contributed by atoms with Crippen molar-refractivity contribution in [1.82, 2.24) is 0 Å². The highest BCUT2D eigenvalue weighted by molar-refractivity contribution is 6.15. The van der Waals surface area contributed by atoms with Gasteiger partial charge in [-0.15, -0.1) is 0 Å². The highest BCUT2D eigenvalue weighted by atomic mass is 24.7. The minimum absolute atomic E-state index is 1.42. The zero-order valence-corrected chi connectivity index (χ0v) is 6.38. The highest BCUT2D eigenvalue weighted by Gasteiger charge is 1.78. The quantitative estimate of drug-likeness (QED) is 0.428. The Morgan fingerprint density at radius 2 is 1.14 bits per heavy atom. The second kappa shape index (κ2) is 9.80. The summed E-state index contributed by atoms with van der Waals surface area (Å²) >= 11 is -2.58. The number of halogens is 2. The molecule has 0 aliphatic carbocycles. The molecule has 41 valence electrons. The minimum atomic E-state index is -2.58.